The summed E-state index contributed by atoms with van der Waals surface area (Å²) in [4.78, 5) is 25.4. The standard InChI is InChI=1S/C14H15N3O2/c18-13-6-7-14(19)17-11-15(10-16(13)17)9-8-12-4-2-1-3-5-12/h1-7H,8-11H2. The van der Waals surface area contributed by atoms with Crippen LogP contribution in [0.4, 0.5) is 0 Å². The average molecular weight is 257 g/mol. The first kappa shape index (κ1) is 11.9. The third-order valence-electron chi connectivity index (χ3n) is 3.40. The zero-order valence-corrected chi connectivity index (χ0v) is 10.5. The highest BCUT2D eigenvalue weighted by atomic mass is 16.2. The molecule has 98 valence electrons. The largest absolute Gasteiger partial charge is 0.268 e. The molecular weight excluding hydrogens is 242 g/mol. The van der Waals surface area contributed by atoms with Crippen molar-refractivity contribution in [2.24, 2.45) is 0 Å². The quantitative estimate of drug-likeness (QED) is 0.803. The van der Waals surface area contributed by atoms with Gasteiger partial charge in [-0.05, 0) is 12.0 Å². The first-order chi connectivity index (χ1) is 9.24. The summed E-state index contributed by atoms with van der Waals surface area (Å²) in [5.41, 5.74) is 1.02. The summed E-state index contributed by atoms with van der Waals surface area (Å²) in [6.07, 6.45) is 0.915. The van der Waals surface area contributed by atoms with E-state index in [4.69, 9.17) is 0 Å². The van der Waals surface area contributed by atoms with Crippen molar-refractivity contribution < 1.29 is 0 Å². The molecule has 2 aromatic rings. The van der Waals surface area contributed by atoms with Crippen molar-refractivity contribution in [2.75, 3.05) is 6.54 Å². The van der Waals surface area contributed by atoms with Gasteiger partial charge in [0.1, 0.15) is 0 Å². The van der Waals surface area contributed by atoms with E-state index in [1.807, 2.05) is 18.2 Å². The van der Waals surface area contributed by atoms with Crippen LogP contribution in [0.2, 0.25) is 0 Å². The van der Waals surface area contributed by atoms with Gasteiger partial charge in [-0.3, -0.25) is 14.5 Å². The number of nitrogens with zero attached hydrogens (tertiary/aromatic N) is 3. The van der Waals surface area contributed by atoms with Gasteiger partial charge >= 0.3 is 0 Å². The second-order valence-corrected chi connectivity index (χ2v) is 4.72. The summed E-state index contributed by atoms with van der Waals surface area (Å²) in [6, 6.07) is 12.9. The lowest BCUT2D eigenvalue weighted by Crippen LogP contribution is -2.32. The van der Waals surface area contributed by atoms with Crippen LogP contribution in [0.3, 0.4) is 0 Å². The third-order valence-corrected chi connectivity index (χ3v) is 3.40. The van der Waals surface area contributed by atoms with Gasteiger partial charge in [-0.1, -0.05) is 30.3 Å². The fourth-order valence-electron chi connectivity index (χ4n) is 2.34. The zero-order chi connectivity index (χ0) is 13.2. The van der Waals surface area contributed by atoms with Crippen molar-refractivity contribution >= 4 is 0 Å². The molecule has 0 amide bonds. The van der Waals surface area contributed by atoms with Gasteiger partial charge in [0.15, 0.2) is 0 Å². The lowest BCUT2D eigenvalue weighted by atomic mass is 10.1. The van der Waals surface area contributed by atoms with Crippen molar-refractivity contribution in [2.45, 2.75) is 19.8 Å². The summed E-state index contributed by atoms with van der Waals surface area (Å²) < 4.78 is 2.99. The van der Waals surface area contributed by atoms with Crippen LogP contribution in [-0.4, -0.2) is 20.8 Å². The molecule has 1 aromatic carbocycles. The van der Waals surface area contributed by atoms with Gasteiger partial charge in [0.25, 0.3) is 11.1 Å². The maximum atomic E-state index is 11.7. The van der Waals surface area contributed by atoms with Crippen LogP contribution in [0.25, 0.3) is 0 Å². The molecule has 0 N–H and O–H groups in total. The summed E-state index contributed by atoms with van der Waals surface area (Å²) in [5, 5.41) is 0. The molecule has 5 heteroatoms. The van der Waals surface area contributed by atoms with E-state index < -0.39 is 0 Å². The van der Waals surface area contributed by atoms with Gasteiger partial charge in [-0.25, -0.2) is 9.36 Å². The fraction of sp³-hybridized carbons (Fsp3) is 0.286. The summed E-state index contributed by atoms with van der Waals surface area (Å²) in [5.74, 6) is 0. The van der Waals surface area contributed by atoms with Gasteiger partial charge in [-0.2, -0.15) is 0 Å². The maximum Gasteiger partial charge on any atom is 0.266 e. The molecule has 0 atom stereocenters. The lowest BCUT2D eigenvalue weighted by Gasteiger charge is -2.12. The number of hydrogen-bond acceptors (Lipinski definition) is 3. The Bertz CT molecular complexity index is 649. The molecule has 0 bridgehead atoms. The van der Waals surface area contributed by atoms with E-state index in [1.165, 1.54) is 27.1 Å². The van der Waals surface area contributed by atoms with Crippen molar-refractivity contribution in [3.8, 4) is 0 Å². The van der Waals surface area contributed by atoms with Gasteiger partial charge in [0.2, 0.25) is 0 Å². The molecule has 0 unspecified atom stereocenters. The van der Waals surface area contributed by atoms with Crippen LogP contribution in [0, 0.1) is 0 Å². The number of benzene rings is 1. The molecule has 0 fully saturated rings. The van der Waals surface area contributed by atoms with Crippen LogP contribution < -0.4 is 11.1 Å². The maximum absolute atomic E-state index is 11.7. The molecule has 0 saturated carbocycles. The molecule has 3 rings (SSSR count). The Labute approximate surface area is 110 Å². The Hall–Kier alpha value is -2.14. The highest BCUT2D eigenvalue weighted by Gasteiger charge is 2.19. The molecule has 19 heavy (non-hydrogen) atoms. The molecule has 0 spiro atoms. The molecular formula is C14H15N3O2. The van der Waals surface area contributed by atoms with E-state index in [0.29, 0.717) is 13.3 Å². The van der Waals surface area contributed by atoms with E-state index >= 15 is 0 Å². The normalized spacial score (nSPS) is 14.5. The summed E-state index contributed by atoms with van der Waals surface area (Å²) in [7, 11) is 0. The zero-order valence-electron chi connectivity index (χ0n) is 10.5. The monoisotopic (exact) mass is 257 g/mol. The van der Waals surface area contributed by atoms with Crippen LogP contribution in [-0.2, 0) is 19.8 Å². The molecule has 1 aliphatic heterocycles. The van der Waals surface area contributed by atoms with Crippen LogP contribution in [0.1, 0.15) is 5.56 Å². The minimum Gasteiger partial charge on any atom is -0.268 e. The Balaban J connectivity index is 1.71. The second kappa shape index (κ2) is 4.85. The number of hydrogen-bond donors (Lipinski definition) is 0. The molecule has 1 aromatic heterocycles. The topological polar surface area (TPSA) is 47.2 Å². The van der Waals surface area contributed by atoms with Crippen molar-refractivity contribution in [1.29, 1.82) is 0 Å². The minimum atomic E-state index is -0.123. The highest BCUT2D eigenvalue weighted by molar-refractivity contribution is 5.14. The average Bonchev–Trinajstić information content (AvgIpc) is 2.87. The minimum absolute atomic E-state index is 0.123. The predicted octanol–water partition coefficient (Wildman–Crippen LogP) is 0.483. The Morgan fingerprint density at radius 2 is 1.42 bits per heavy atom. The lowest BCUT2D eigenvalue weighted by molar-refractivity contribution is 0.248. The van der Waals surface area contributed by atoms with E-state index in [1.54, 1.807) is 0 Å². The molecule has 5 nitrogen and oxygen atoms in total. The van der Waals surface area contributed by atoms with Gasteiger partial charge in [0, 0.05) is 18.7 Å². The Kier molecular flexibility index (Phi) is 3.05. The number of rotatable bonds is 3. The third kappa shape index (κ3) is 2.37. The molecule has 2 heterocycles. The second-order valence-electron chi connectivity index (χ2n) is 4.72. The first-order valence-electron chi connectivity index (χ1n) is 6.31. The van der Waals surface area contributed by atoms with Gasteiger partial charge in [0.05, 0.1) is 13.3 Å². The SMILES string of the molecule is O=c1ccc(=O)n2n1CN(CCc1ccccc1)C2. The summed E-state index contributed by atoms with van der Waals surface area (Å²) in [6.45, 7) is 1.81. The molecule has 0 saturated heterocycles. The fourth-order valence-corrected chi connectivity index (χ4v) is 2.34. The predicted molar refractivity (Wildman–Crippen MR) is 71.8 cm³/mol. The number of aromatic nitrogens is 2. The molecule has 0 aliphatic carbocycles. The van der Waals surface area contributed by atoms with Gasteiger partial charge < -0.3 is 0 Å². The van der Waals surface area contributed by atoms with Crippen LogP contribution >= 0.6 is 0 Å². The van der Waals surface area contributed by atoms with Crippen molar-refractivity contribution in [3.05, 3.63) is 68.7 Å². The van der Waals surface area contributed by atoms with Crippen LogP contribution in [0.5, 0.6) is 0 Å². The van der Waals surface area contributed by atoms with Crippen molar-refractivity contribution in [3.63, 3.8) is 0 Å². The van der Waals surface area contributed by atoms with Crippen molar-refractivity contribution in [1.82, 2.24) is 14.3 Å². The number of fused-ring (bicyclic) bond motifs is 1. The Morgan fingerprint density at radius 1 is 0.842 bits per heavy atom. The highest BCUT2D eigenvalue weighted by Crippen LogP contribution is 2.06. The Morgan fingerprint density at radius 3 is 2.00 bits per heavy atom. The van der Waals surface area contributed by atoms with E-state index in [0.717, 1.165) is 13.0 Å². The van der Waals surface area contributed by atoms with Crippen LogP contribution in [0.15, 0.2) is 52.1 Å². The smallest absolute Gasteiger partial charge is 0.266 e. The first-order valence-corrected chi connectivity index (χ1v) is 6.31. The summed E-state index contributed by atoms with van der Waals surface area (Å²) >= 11 is 0. The molecule has 1 aliphatic rings. The molecule has 0 radical (unpaired) electrons. The van der Waals surface area contributed by atoms with E-state index in [9.17, 15) is 9.59 Å². The van der Waals surface area contributed by atoms with Gasteiger partial charge in [-0.15, -0.1) is 0 Å². The van der Waals surface area contributed by atoms with E-state index in [2.05, 4.69) is 17.0 Å². The van der Waals surface area contributed by atoms with E-state index in [-0.39, 0.29) is 11.1 Å².